The van der Waals surface area contributed by atoms with Crippen molar-refractivity contribution >= 4 is 45.8 Å². The molecule has 0 saturated carbocycles. The van der Waals surface area contributed by atoms with Crippen LogP contribution in [0.15, 0.2) is 34.0 Å². The predicted octanol–water partition coefficient (Wildman–Crippen LogP) is 3.44. The molecule has 0 atom stereocenters. The van der Waals surface area contributed by atoms with Crippen molar-refractivity contribution < 1.29 is 0 Å². The van der Waals surface area contributed by atoms with E-state index >= 15 is 0 Å². The van der Waals surface area contributed by atoms with Crippen LogP contribution in [0.5, 0.6) is 0 Å². The van der Waals surface area contributed by atoms with Crippen LogP contribution in [-0.4, -0.2) is 36.9 Å². The van der Waals surface area contributed by atoms with Crippen LogP contribution in [0.25, 0.3) is 0 Å². The molecule has 1 aromatic carbocycles. The molecule has 2 N–H and O–H groups in total. The van der Waals surface area contributed by atoms with Gasteiger partial charge in [-0.3, -0.25) is 0 Å². The lowest BCUT2D eigenvalue weighted by Crippen LogP contribution is -2.46. The number of halogens is 1. The molecule has 0 bridgehead atoms. The molecule has 3 heterocycles. The van der Waals surface area contributed by atoms with Crippen molar-refractivity contribution in [1.29, 1.82) is 0 Å². The van der Waals surface area contributed by atoms with Gasteiger partial charge in [-0.1, -0.05) is 17.7 Å². The zero-order chi connectivity index (χ0) is 14.2. The molecule has 21 heavy (non-hydrogen) atoms. The van der Waals surface area contributed by atoms with Crippen molar-refractivity contribution in [2.45, 2.75) is 0 Å². The van der Waals surface area contributed by atoms with Crippen molar-refractivity contribution in [2.75, 3.05) is 31.5 Å². The fourth-order valence-corrected chi connectivity index (χ4v) is 3.70. The largest absolute Gasteiger partial charge is 0.353 e. The average molecular weight is 319 g/mol. The van der Waals surface area contributed by atoms with E-state index < -0.39 is 0 Å². The molecule has 108 valence electrons. The third-order valence-electron chi connectivity index (χ3n) is 3.79. The number of fused-ring (bicyclic) bond motifs is 2. The van der Waals surface area contributed by atoms with Crippen molar-refractivity contribution in [1.82, 2.24) is 10.2 Å². The van der Waals surface area contributed by atoms with E-state index in [1.165, 1.54) is 0 Å². The number of rotatable bonds is 0. The van der Waals surface area contributed by atoms with Gasteiger partial charge in [-0.05, 0) is 12.1 Å². The maximum Gasteiger partial charge on any atom is 0.139 e. The Kier molecular flexibility index (Phi) is 3.33. The number of thiophene rings is 1. The minimum Gasteiger partial charge on any atom is -0.353 e. The minimum absolute atomic E-state index is 0.682. The van der Waals surface area contributed by atoms with Crippen molar-refractivity contribution in [2.24, 2.45) is 4.99 Å². The van der Waals surface area contributed by atoms with Gasteiger partial charge in [0, 0.05) is 36.9 Å². The van der Waals surface area contributed by atoms with E-state index in [9.17, 15) is 0 Å². The summed E-state index contributed by atoms with van der Waals surface area (Å²) in [5.74, 6) is 1.02. The predicted molar refractivity (Wildman–Crippen MR) is 89.7 cm³/mol. The topological polar surface area (TPSA) is 39.7 Å². The fraction of sp³-hybridized carbons (Fsp3) is 0.267. The smallest absolute Gasteiger partial charge is 0.139 e. The first-order valence-electron chi connectivity index (χ1n) is 6.99. The van der Waals surface area contributed by atoms with Gasteiger partial charge < -0.3 is 15.5 Å². The Bertz CT molecular complexity index is 703. The van der Waals surface area contributed by atoms with E-state index in [0.717, 1.165) is 54.6 Å². The standard InChI is InChI=1S/C15H15ClN4S/c16-11-2-1-3-12-14(11)19-15(20-6-4-17-5-7-20)10-8-21-9-13(10)18-12/h1-3,8-9,17-18H,4-7H2. The molecular formula is C15H15ClN4S. The van der Waals surface area contributed by atoms with E-state index in [0.29, 0.717) is 5.02 Å². The molecule has 0 aliphatic carbocycles. The number of aliphatic imine (C=N–C) groups is 1. The molecular weight excluding hydrogens is 304 g/mol. The van der Waals surface area contributed by atoms with Gasteiger partial charge in [0.2, 0.25) is 0 Å². The van der Waals surface area contributed by atoms with Crippen LogP contribution in [0.4, 0.5) is 17.1 Å². The lowest BCUT2D eigenvalue weighted by molar-refractivity contribution is 0.358. The first-order chi connectivity index (χ1) is 10.3. The maximum absolute atomic E-state index is 6.35. The summed E-state index contributed by atoms with van der Waals surface area (Å²) in [6, 6.07) is 5.86. The third kappa shape index (κ3) is 2.31. The van der Waals surface area contributed by atoms with Gasteiger partial charge in [-0.25, -0.2) is 4.99 Å². The molecule has 1 fully saturated rings. The fourth-order valence-electron chi connectivity index (χ4n) is 2.73. The van der Waals surface area contributed by atoms with E-state index in [1.807, 2.05) is 18.2 Å². The monoisotopic (exact) mass is 318 g/mol. The Morgan fingerprint density at radius 3 is 2.86 bits per heavy atom. The number of anilines is 2. The second-order valence-electron chi connectivity index (χ2n) is 5.13. The van der Waals surface area contributed by atoms with Crippen LogP contribution < -0.4 is 10.6 Å². The highest BCUT2D eigenvalue weighted by molar-refractivity contribution is 7.08. The molecule has 0 unspecified atom stereocenters. The lowest BCUT2D eigenvalue weighted by Gasteiger charge is -2.30. The number of nitrogens with zero attached hydrogens (tertiary/aromatic N) is 2. The molecule has 1 aromatic heterocycles. The molecule has 2 aromatic rings. The van der Waals surface area contributed by atoms with Crippen LogP contribution in [0.3, 0.4) is 0 Å². The van der Waals surface area contributed by atoms with Crippen LogP contribution in [0.2, 0.25) is 5.02 Å². The molecule has 0 radical (unpaired) electrons. The van der Waals surface area contributed by atoms with Crippen molar-refractivity contribution in [3.8, 4) is 0 Å². The zero-order valence-corrected chi connectivity index (χ0v) is 13.0. The molecule has 6 heteroatoms. The second kappa shape index (κ2) is 5.33. The highest BCUT2D eigenvalue weighted by atomic mass is 35.5. The van der Waals surface area contributed by atoms with Crippen LogP contribution >= 0.6 is 22.9 Å². The van der Waals surface area contributed by atoms with Gasteiger partial charge in [-0.2, -0.15) is 0 Å². The zero-order valence-electron chi connectivity index (χ0n) is 11.4. The molecule has 1 saturated heterocycles. The number of hydrogen-bond acceptors (Lipinski definition) is 5. The number of para-hydroxylation sites is 1. The summed E-state index contributed by atoms with van der Waals surface area (Å²) >= 11 is 8.05. The summed E-state index contributed by atoms with van der Waals surface area (Å²) in [6.07, 6.45) is 0. The third-order valence-corrected chi connectivity index (χ3v) is 4.84. The van der Waals surface area contributed by atoms with E-state index in [-0.39, 0.29) is 0 Å². The summed E-state index contributed by atoms with van der Waals surface area (Å²) in [5.41, 5.74) is 4.06. The number of nitrogens with one attached hydrogen (secondary N) is 2. The molecule has 4 nitrogen and oxygen atoms in total. The SMILES string of the molecule is Clc1cccc2c1N=C(N1CCNCC1)c1cscc1N2. The van der Waals surface area contributed by atoms with Gasteiger partial charge in [0.15, 0.2) is 0 Å². The summed E-state index contributed by atoms with van der Waals surface area (Å²) < 4.78 is 0. The van der Waals surface area contributed by atoms with Crippen LogP contribution in [0, 0.1) is 0 Å². The second-order valence-corrected chi connectivity index (χ2v) is 6.28. The Morgan fingerprint density at radius 1 is 1.14 bits per heavy atom. The Morgan fingerprint density at radius 2 is 2.00 bits per heavy atom. The number of hydrogen-bond donors (Lipinski definition) is 2. The summed E-state index contributed by atoms with van der Waals surface area (Å²) in [5, 5.41) is 11.8. The highest BCUT2D eigenvalue weighted by Crippen LogP contribution is 2.40. The van der Waals surface area contributed by atoms with E-state index in [2.05, 4.69) is 26.3 Å². The average Bonchev–Trinajstić information content (AvgIpc) is 2.89. The molecule has 2 aliphatic rings. The van der Waals surface area contributed by atoms with E-state index in [4.69, 9.17) is 16.6 Å². The van der Waals surface area contributed by atoms with Gasteiger partial charge in [-0.15, -0.1) is 11.3 Å². The van der Waals surface area contributed by atoms with Gasteiger partial charge in [0.1, 0.15) is 11.5 Å². The summed E-state index contributed by atoms with van der Waals surface area (Å²) in [7, 11) is 0. The van der Waals surface area contributed by atoms with Crippen LogP contribution in [-0.2, 0) is 0 Å². The Balaban J connectivity index is 1.87. The highest BCUT2D eigenvalue weighted by Gasteiger charge is 2.24. The van der Waals surface area contributed by atoms with Gasteiger partial charge in [0.25, 0.3) is 0 Å². The maximum atomic E-state index is 6.35. The molecule has 0 spiro atoms. The van der Waals surface area contributed by atoms with Gasteiger partial charge >= 0.3 is 0 Å². The number of benzene rings is 1. The number of amidine groups is 1. The molecule has 2 aliphatic heterocycles. The lowest BCUT2D eigenvalue weighted by atomic mass is 10.2. The molecule has 0 amide bonds. The Hall–Kier alpha value is -1.56. The molecule has 4 rings (SSSR count). The van der Waals surface area contributed by atoms with Crippen molar-refractivity contribution in [3.63, 3.8) is 0 Å². The normalized spacial score (nSPS) is 17.4. The first-order valence-corrected chi connectivity index (χ1v) is 8.31. The van der Waals surface area contributed by atoms with E-state index in [1.54, 1.807) is 11.3 Å². The first kappa shape index (κ1) is 13.1. The quantitative estimate of drug-likeness (QED) is 0.781. The van der Waals surface area contributed by atoms with Crippen LogP contribution in [0.1, 0.15) is 5.56 Å². The van der Waals surface area contributed by atoms with Gasteiger partial charge in [0.05, 0.1) is 22.0 Å². The Labute approximate surface area is 132 Å². The van der Waals surface area contributed by atoms with Crippen molar-refractivity contribution in [3.05, 3.63) is 39.5 Å². The summed E-state index contributed by atoms with van der Waals surface area (Å²) in [6.45, 7) is 3.91. The number of piperazine rings is 1. The minimum atomic E-state index is 0.682. The summed E-state index contributed by atoms with van der Waals surface area (Å²) in [4.78, 5) is 7.24.